The average Bonchev–Trinajstić information content (AvgIpc) is 2.82. The Labute approximate surface area is 122 Å². The van der Waals surface area contributed by atoms with Crippen molar-refractivity contribution in [3.8, 4) is 0 Å². The molecule has 0 aliphatic heterocycles. The minimum Gasteiger partial charge on any atom is -0.313 e. The van der Waals surface area contributed by atoms with Gasteiger partial charge in [-0.25, -0.2) is 0 Å². The van der Waals surface area contributed by atoms with Gasteiger partial charge in [0.05, 0.1) is 12.7 Å². The molecule has 0 saturated heterocycles. The SMILES string of the molecule is CC(C)(C)CCNCc1cnn(Cc2ccccc2)c1. The largest absolute Gasteiger partial charge is 0.313 e. The van der Waals surface area contributed by atoms with Crippen molar-refractivity contribution in [1.29, 1.82) is 0 Å². The van der Waals surface area contributed by atoms with Crippen molar-refractivity contribution in [3.63, 3.8) is 0 Å². The zero-order chi connectivity index (χ0) is 14.4. The summed E-state index contributed by atoms with van der Waals surface area (Å²) in [5.41, 5.74) is 2.92. The number of benzene rings is 1. The summed E-state index contributed by atoms with van der Waals surface area (Å²) in [7, 11) is 0. The number of aromatic nitrogens is 2. The molecule has 0 fully saturated rings. The second-order valence-corrected chi connectivity index (χ2v) is 6.52. The zero-order valence-electron chi connectivity index (χ0n) is 12.8. The Kier molecular flexibility index (Phi) is 4.96. The van der Waals surface area contributed by atoms with Gasteiger partial charge in [-0.1, -0.05) is 51.1 Å². The highest BCUT2D eigenvalue weighted by molar-refractivity contribution is 5.15. The quantitative estimate of drug-likeness (QED) is 0.815. The summed E-state index contributed by atoms with van der Waals surface area (Å²) in [5, 5.41) is 7.90. The van der Waals surface area contributed by atoms with Gasteiger partial charge in [0.25, 0.3) is 0 Å². The summed E-state index contributed by atoms with van der Waals surface area (Å²) in [6.07, 6.45) is 5.26. The van der Waals surface area contributed by atoms with Crippen molar-refractivity contribution in [1.82, 2.24) is 15.1 Å². The average molecular weight is 271 g/mol. The lowest BCUT2D eigenvalue weighted by atomic mass is 9.92. The lowest BCUT2D eigenvalue weighted by molar-refractivity contribution is 0.366. The highest BCUT2D eigenvalue weighted by Gasteiger charge is 2.08. The predicted molar refractivity (Wildman–Crippen MR) is 83.5 cm³/mol. The molecular formula is C17H25N3. The maximum Gasteiger partial charge on any atom is 0.0659 e. The number of rotatable bonds is 6. The molecule has 108 valence electrons. The number of hydrogen-bond acceptors (Lipinski definition) is 2. The summed E-state index contributed by atoms with van der Waals surface area (Å²) < 4.78 is 2.00. The van der Waals surface area contributed by atoms with Crippen molar-refractivity contribution in [2.24, 2.45) is 5.41 Å². The van der Waals surface area contributed by atoms with Crippen LogP contribution < -0.4 is 5.32 Å². The van der Waals surface area contributed by atoms with Gasteiger partial charge in [-0.05, 0) is 23.9 Å². The Morgan fingerprint density at radius 1 is 1.10 bits per heavy atom. The van der Waals surface area contributed by atoms with Gasteiger partial charge in [0.15, 0.2) is 0 Å². The van der Waals surface area contributed by atoms with E-state index in [1.54, 1.807) is 0 Å². The topological polar surface area (TPSA) is 29.9 Å². The van der Waals surface area contributed by atoms with E-state index in [1.807, 2.05) is 16.9 Å². The van der Waals surface area contributed by atoms with Gasteiger partial charge in [0, 0.05) is 18.3 Å². The van der Waals surface area contributed by atoms with E-state index in [9.17, 15) is 0 Å². The third-order valence-corrected chi connectivity index (χ3v) is 3.26. The summed E-state index contributed by atoms with van der Waals surface area (Å²) in [4.78, 5) is 0. The van der Waals surface area contributed by atoms with E-state index in [0.29, 0.717) is 5.41 Å². The van der Waals surface area contributed by atoms with Crippen LogP contribution in [0.5, 0.6) is 0 Å². The van der Waals surface area contributed by atoms with Gasteiger partial charge >= 0.3 is 0 Å². The maximum atomic E-state index is 4.42. The number of nitrogens with zero attached hydrogens (tertiary/aromatic N) is 2. The molecule has 0 saturated carbocycles. The van der Waals surface area contributed by atoms with E-state index in [-0.39, 0.29) is 0 Å². The smallest absolute Gasteiger partial charge is 0.0659 e. The minimum absolute atomic E-state index is 0.393. The van der Waals surface area contributed by atoms with Gasteiger partial charge in [-0.2, -0.15) is 5.10 Å². The molecule has 0 radical (unpaired) electrons. The van der Waals surface area contributed by atoms with Crippen LogP contribution >= 0.6 is 0 Å². The standard InChI is InChI=1S/C17H25N3/c1-17(2,3)9-10-18-11-16-12-19-20(14-16)13-15-7-5-4-6-8-15/h4-8,12,14,18H,9-11,13H2,1-3H3. The highest BCUT2D eigenvalue weighted by atomic mass is 15.3. The van der Waals surface area contributed by atoms with Gasteiger partial charge < -0.3 is 5.32 Å². The van der Waals surface area contributed by atoms with Gasteiger partial charge in [0.2, 0.25) is 0 Å². The molecule has 2 rings (SSSR count). The highest BCUT2D eigenvalue weighted by Crippen LogP contribution is 2.17. The molecule has 0 bridgehead atoms. The first-order valence-electron chi connectivity index (χ1n) is 7.29. The van der Waals surface area contributed by atoms with E-state index in [1.165, 1.54) is 17.5 Å². The molecule has 0 aliphatic carbocycles. The van der Waals surface area contributed by atoms with Crippen molar-refractivity contribution >= 4 is 0 Å². The molecule has 20 heavy (non-hydrogen) atoms. The van der Waals surface area contributed by atoms with Crippen LogP contribution in [-0.4, -0.2) is 16.3 Å². The molecule has 0 atom stereocenters. The molecule has 1 aromatic carbocycles. The third kappa shape index (κ3) is 5.17. The Morgan fingerprint density at radius 2 is 1.85 bits per heavy atom. The van der Waals surface area contributed by atoms with E-state index < -0.39 is 0 Å². The van der Waals surface area contributed by atoms with Crippen LogP contribution in [0.15, 0.2) is 42.7 Å². The molecule has 1 N–H and O–H groups in total. The molecule has 3 nitrogen and oxygen atoms in total. The van der Waals surface area contributed by atoms with Crippen molar-refractivity contribution in [2.45, 2.75) is 40.3 Å². The first-order valence-corrected chi connectivity index (χ1v) is 7.29. The number of nitrogens with one attached hydrogen (secondary N) is 1. The Hall–Kier alpha value is -1.61. The van der Waals surface area contributed by atoms with E-state index >= 15 is 0 Å². The summed E-state index contributed by atoms with van der Waals surface area (Å²) in [6.45, 7) is 9.59. The Bertz CT molecular complexity index is 509. The first-order chi connectivity index (χ1) is 9.53. The van der Waals surface area contributed by atoms with Crippen molar-refractivity contribution in [2.75, 3.05) is 6.54 Å². The fraction of sp³-hybridized carbons (Fsp3) is 0.471. The van der Waals surface area contributed by atoms with Crippen molar-refractivity contribution in [3.05, 3.63) is 53.9 Å². The number of hydrogen-bond donors (Lipinski definition) is 1. The second-order valence-electron chi connectivity index (χ2n) is 6.52. The van der Waals surface area contributed by atoms with Gasteiger partial charge in [0.1, 0.15) is 0 Å². The summed E-state index contributed by atoms with van der Waals surface area (Å²) >= 11 is 0. The molecule has 3 heteroatoms. The van der Waals surface area contributed by atoms with Gasteiger partial charge in [-0.15, -0.1) is 0 Å². The maximum absolute atomic E-state index is 4.42. The van der Waals surface area contributed by atoms with Crippen LogP contribution in [0.2, 0.25) is 0 Å². The molecule has 1 heterocycles. The van der Waals surface area contributed by atoms with Crippen molar-refractivity contribution < 1.29 is 0 Å². The normalized spacial score (nSPS) is 11.8. The molecule has 0 aliphatic rings. The van der Waals surface area contributed by atoms with Crippen LogP contribution in [0.3, 0.4) is 0 Å². The van der Waals surface area contributed by atoms with Crippen LogP contribution in [0.4, 0.5) is 0 Å². The van der Waals surface area contributed by atoms with Crippen LogP contribution in [0.1, 0.15) is 38.3 Å². The van der Waals surface area contributed by atoms with E-state index in [4.69, 9.17) is 0 Å². The Morgan fingerprint density at radius 3 is 2.55 bits per heavy atom. The molecule has 0 unspecified atom stereocenters. The van der Waals surface area contributed by atoms with E-state index in [0.717, 1.165) is 19.6 Å². The molecule has 2 aromatic rings. The van der Waals surface area contributed by atoms with E-state index in [2.05, 4.69) is 61.6 Å². The Balaban J connectivity index is 1.78. The second kappa shape index (κ2) is 6.71. The predicted octanol–water partition coefficient (Wildman–Crippen LogP) is 3.46. The monoisotopic (exact) mass is 271 g/mol. The lowest BCUT2D eigenvalue weighted by Gasteiger charge is -2.17. The molecular weight excluding hydrogens is 246 g/mol. The molecule has 0 spiro atoms. The fourth-order valence-electron chi connectivity index (χ4n) is 2.05. The zero-order valence-corrected chi connectivity index (χ0v) is 12.8. The summed E-state index contributed by atoms with van der Waals surface area (Å²) in [5.74, 6) is 0. The molecule has 0 amide bonds. The van der Waals surface area contributed by atoms with Crippen LogP contribution in [-0.2, 0) is 13.1 Å². The van der Waals surface area contributed by atoms with Crippen LogP contribution in [0.25, 0.3) is 0 Å². The van der Waals surface area contributed by atoms with Gasteiger partial charge in [-0.3, -0.25) is 4.68 Å². The third-order valence-electron chi connectivity index (χ3n) is 3.26. The van der Waals surface area contributed by atoms with Crippen LogP contribution in [0, 0.1) is 5.41 Å². The summed E-state index contributed by atoms with van der Waals surface area (Å²) in [6, 6.07) is 10.4. The first kappa shape index (κ1) is 14.8. The minimum atomic E-state index is 0.393. The lowest BCUT2D eigenvalue weighted by Crippen LogP contribution is -2.19. The fourth-order valence-corrected chi connectivity index (χ4v) is 2.05. The molecule has 1 aromatic heterocycles.